The molecule has 0 N–H and O–H groups in total. The summed E-state index contributed by atoms with van der Waals surface area (Å²) >= 11 is 5.93. The molecule has 1 aromatic carbocycles. The lowest BCUT2D eigenvalue weighted by Crippen LogP contribution is -2.07. The fourth-order valence-electron chi connectivity index (χ4n) is 2.32. The first kappa shape index (κ1) is 13.1. The number of nitrogens with zero attached hydrogens (tertiary/aromatic N) is 4. The Balaban J connectivity index is 1.83. The lowest BCUT2D eigenvalue weighted by molar-refractivity contribution is 0.526. The molecule has 2 heterocycles. The van der Waals surface area contributed by atoms with Gasteiger partial charge >= 0.3 is 0 Å². The Hall–Kier alpha value is -1.88. The highest BCUT2D eigenvalue weighted by Gasteiger charge is 2.10. The molecule has 6 heteroatoms. The normalized spacial score (nSPS) is 11.3. The van der Waals surface area contributed by atoms with Gasteiger partial charge in [0.15, 0.2) is 0 Å². The van der Waals surface area contributed by atoms with Crippen LogP contribution in [0.3, 0.4) is 0 Å². The van der Waals surface area contributed by atoms with Gasteiger partial charge in [0, 0.05) is 25.5 Å². The fraction of sp³-hybridized carbons (Fsp3) is 0.286. The maximum Gasteiger partial charge on any atom is 0.125 e. The maximum atomic E-state index is 13.4. The van der Waals surface area contributed by atoms with E-state index in [0.717, 1.165) is 36.4 Å². The number of aromatic nitrogens is 4. The van der Waals surface area contributed by atoms with Crippen LogP contribution in [0.4, 0.5) is 4.39 Å². The Kier molecular flexibility index (Phi) is 3.69. The van der Waals surface area contributed by atoms with Crippen LogP contribution < -0.4 is 0 Å². The summed E-state index contributed by atoms with van der Waals surface area (Å²) in [5.41, 5.74) is 1.57. The second-order valence-electron chi connectivity index (χ2n) is 4.57. The minimum atomic E-state index is -0.258. The van der Waals surface area contributed by atoms with E-state index >= 15 is 0 Å². The van der Waals surface area contributed by atoms with Crippen LogP contribution >= 0.6 is 11.6 Å². The van der Waals surface area contributed by atoms with E-state index in [1.54, 1.807) is 12.3 Å². The predicted octanol–water partition coefficient (Wildman–Crippen LogP) is 3.20. The van der Waals surface area contributed by atoms with Gasteiger partial charge < -0.3 is 4.57 Å². The Labute approximate surface area is 120 Å². The minimum Gasteiger partial charge on any atom is -0.327 e. The van der Waals surface area contributed by atoms with Crippen LogP contribution in [0.15, 0.2) is 36.7 Å². The molecule has 3 rings (SSSR count). The van der Waals surface area contributed by atoms with Gasteiger partial charge in [0.05, 0.1) is 16.9 Å². The summed E-state index contributed by atoms with van der Waals surface area (Å²) in [4.78, 5) is 4.43. The molecular formula is C14H14ClFN4. The first-order valence-electron chi connectivity index (χ1n) is 6.46. The molecule has 0 atom stereocenters. The SMILES string of the molecule is Fc1ccc2nc(CCl)n(CCCn3cccn3)c2c1. The zero-order chi connectivity index (χ0) is 13.9. The van der Waals surface area contributed by atoms with Crippen molar-refractivity contribution in [1.82, 2.24) is 19.3 Å². The van der Waals surface area contributed by atoms with Crippen molar-refractivity contribution in [3.05, 3.63) is 48.3 Å². The smallest absolute Gasteiger partial charge is 0.125 e. The van der Waals surface area contributed by atoms with E-state index in [4.69, 9.17) is 11.6 Å². The highest BCUT2D eigenvalue weighted by Crippen LogP contribution is 2.19. The minimum absolute atomic E-state index is 0.258. The first-order chi connectivity index (χ1) is 9.78. The molecule has 0 saturated carbocycles. The molecular weight excluding hydrogens is 279 g/mol. The Bertz CT molecular complexity index is 705. The number of fused-ring (bicyclic) bond motifs is 1. The average Bonchev–Trinajstić information content (AvgIpc) is 3.07. The second kappa shape index (κ2) is 5.63. The lowest BCUT2D eigenvalue weighted by atomic mass is 10.3. The first-order valence-corrected chi connectivity index (χ1v) is 6.99. The van der Waals surface area contributed by atoms with Crippen molar-refractivity contribution in [2.45, 2.75) is 25.4 Å². The molecule has 0 amide bonds. The predicted molar refractivity (Wildman–Crippen MR) is 76.1 cm³/mol. The summed E-state index contributed by atoms with van der Waals surface area (Å²) in [6, 6.07) is 6.50. The molecule has 0 fully saturated rings. The average molecular weight is 293 g/mol. The van der Waals surface area contributed by atoms with Crippen LogP contribution in [0.25, 0.3) is 11.0 Å². The van der Waals surface area contributed by atoms with Crippen molar-refractivity contribution in [2.75, 3.05) is 0 Å². The molecule has 0 bridgehead atoms. The van der Waals surface area contributed by atoms with E-state index < -0.39 is 0 Å². The Morgan fingerprint density at radius 1 is 1.25 bits per heavy atom. The molecule has 0 aliphatic heterocycles. The van der Waals surface area contributed by atoms with E-state index in [-0.39, 0.29) is 5.82 Å². The highest BCUT2D eigenvalue weighted by atomic mass is 35.5. The van der Waals surface area contributed by atoms with E-state index in [1.165, 1.54) is 12.1 Å². The van der Waals surface area contributed by atoms with Gasteiger partial charge in [-0.25, -0.2) is 9.37 Å². The Morgan fingerprint density at radius 3 is 2.90 bits per heavy atom. The number of halogens is 2. The molecule has 0 radical (unpaired) electrons. The third kappa shape index (κ3) is 2.54. The van der Waals surface area contributed by atoms with Gasteiger partial charge in [-0.3, -0.25) is 4.68 Å². The van der Waals surface area contributed by atoms with Crippen molar-refractivity contribution in [3.8, 4) is 0 Å². The van der Waals surface area contributed by atoms with Crippen LogP contribution in [0.5, 0.6) is 0 Å². The summed E-state index contributed by atoms with van der Waals surface area (Å²) in [7, 11) is 0. The topological polar surface area (TPSA) is 35.6 Å². The number of imidazole rings is 1. The Morgan fingerprint density at radius 2 is 2.15 bits per heavy atom. The maximum absolute atomic E-state index is 13.4. The van der Waals surface area contributed by atoms with E-state index in [1.807, 2.05) is 21.5 Å². The molecule has 0 saturated heterocycles. The molecule has 0 aliphatic carbocycles. The van der Waals surface area contributed by atoms with Crippen molar-refractivity contribution in [2.24, 2.45) is 0 Å². The fourth-order valence-corrected chi connectivity index (χ4v) is 2.52. The van der Waals surface area contributed by atoms with Crippen LogP contribution in [-0.2, 0) is 19.0 Å². The summed E-state index contributed by atoms with van der Waals surface area (Å²) in [6.07, 6.45) is 4.56. The van der Waals surface area contributed by atoms with Gasteiger partial charge in [0.25, 0.3) is 0 Å². The monoisotopic (exact) mass is 292 g/mol. The van der Waals surface area contributed by atoms with E-state index in [9.17, 15) is 4.39 Å². The largest absolute Gasteiger partial charge is 0.327 e. The quantitative estimate of drug-likeness (QED) is 0.677. The molecule has 0 unspecified atom stereocenters. The van der Waals surface area contributed by atoms with Crippen LogP contribution in [0.2, 0.25) is 0 Å². The van der Waals surface area contributed by atoms with Crippen LogP contribution in [0, 0.1) is 5.82 Å². The van der Waals surface area contributed by atoms with Crippen LogP contribution in [0.1, 0.15) is 12.2 Å². The molecule has 104 valence electrons. The van der Waals surface area contributed by atoms with E-state index in [0.29, 0.717) is 5.88 Å². The summed E-state index contributed by atoms with van der Waals surface area (Å²) in [5.74, 6) is 0.831. The zero-order valence-electron chi connectivity index (χ0n) is 10.8. The number of rotatable bonds is 5. The number of hydrogen-bond donors (Lipinski definition) is 0. The standard InChI is InChI=1S/C14H14ClFN4/c15-10-14-18-12-4-3-11(16)9-13(12)20(14)8-2-7-19-6-1-5-17-19/h1,3-6,9H,2,7-8,10H2. The molecule has 20 heavy (non-hydrogen) atoms. The second-order valence-corrected chi connectivity index (χ2v) is 4.84. The molecule has 4 nitrogen and oxygen atoms in total. The zero-order valence-corrected chi connectivity index (χ0v) is 11.6. The number of hydrogen-bond acceptors (Lipinski definition) is 2. The van der Waals surface area contributed by atoms with Crippen molar-refractivity contribution < 1.29 is 4.39 Å². The van der Waals surface area contributed by atoms with E-state index in [2.05, 4.69) is 10.1 Å². The third-order valence-corrected chi connectivity index (χ3v) is 3.48. The summed E-state index contributed by atoms with van der Waals surface area (Å²) < 4.78 is 17.2. The third-order valence-electron chi connectivity index (χ3n) is 3.24. The van der Waals surface area contributed by atoms with Gasteiger partial charge in [0.2, 0.25) is 0 Å². The summed E-state index contributed by atoms with van der Waals surface area (Å²) in [5, 5.41) is 4.16. The number of benzene rings is 1. The molecule has 2 aromatic heterocycles. The molecule has 0 aliphatic rings. The van der Waals surface area contributed by atoms with Crippen molar-refractivity contribution >= 4 is 22.6 Å². The highest BCUT2D eigenvalue weighted by molar-refractivity contribution is 6.16. The molecule has 0 spiro atoms. The number of alkyl halides is 1. The number of aryl methyl sites for hydroxylation is 2. The lowest BCUT2D eigenvalue weighted by Gasteiger charge is -2.08. The van der Waals surface area contributed by atoms with Gasteiger partial charge in [-0.15, -0.1) is 11.6 Å². The van der Waals surface area contributed by atoms with Gasteiger partial charge in [-0.05, 0) is 30.7 Å². The van der Waals surface area contributed by atoms with Gasteiger partial charge in [0.1, 0.15) is 11.6 Å². The van der Waals surface area contributed by atoms with Gasteiger partial charge in [-0.1, -0.05) is 0 Å². The van der Waals surface area contributed by atoms with Crippen molar-refractivity contribution in [3.63, 3.8) is 0 Å². The van der Waals surface area contributed by atoms with Gasteiger partial charge in [-0.2, -0.15) is 5.10 Å². The van der Waals surface area contributed by atoms with Crippen LogP contribution in [-0.4, -0.2) is 19.3 Å². The van der Waals surface area contributed by atoms with Crippen molar-refractivity contribution in [1.29, 1.82) is 0 Å². The molecule has 3 aromatic rings. The summed E-state index contributed by atoms with van der Waals surface area (Å²) in [6.45, 7) is 1.55.